The molecule has 2 N–H and O–H groups in total. The number of hydrogen-bond acceptors (Lipinski definition) is 5. The molecule has 1 aliphatic rings. The number of nitrogens with zero attached hydrogens (tertiary/aromatic N) is 1. The largest absolute Gasteiger partial charge is 0.462 e. The Morgan fingerprint density at radius 1 is 1.32 bits per heavy atom. The minimum Gasteiger partial charge on any atom is -0.462 e. The molecule has 148 valence electrons. The van der Waals surface area contributed by atoms with E-state index in [0.29, 0.717) is 6.42 Å². The van der Waals surface area contributed by atoms with Gasteiger partial charge in [-0.05, 0) is 19.4 Å². The van der Waals surface area contributed by atoms with Crippen molar-refractivity contribution in [3.05, 3.63) is 74.8 Å². The number of fused-ring (bicyclic) bond motifs is 1. The van der Waals surface area contributed by atoms with Crippen molar-refractivity contribution in [2.45, 2.75) is 32.6 Å². The van der Waals surface area contributed by atoms with E-state index in [-0.39, 0.29) is 40.5 Å². The monoisotopic (exact) mass is 386 g/mol. The van der Waals surface area contributed by atoms with E-state index in [9.17, 15) is 14.0 Å². The lowest BCUT2D eigenvalue weighted by molar-refractivity contribution is -0.139. The van der Waals surface area contributed by atoms with Gasteiger partial charge in [-0.1, -0.05) is 31.5 Å². The summed E-state index contributed by atoms with van der Waals surface area (Å²) >= 11 is 0. The summed E-state index contributed by atoms with van der Waals surface area (Å²) in [5, 5.41) is 0. The van der Waals surface area contributed by atoms with Crippen molar-refractivity contribution in [2.24, 2.45) is 12.8 Å². The van der Waals surface area contributed by atoms with Crippen molar-refractivity contribution in [1.82, 2.24) is 4.57 Å². The van der Waals surface area contributed by atoms with Gasteiger partial charge in [0.05, 0.1) is 18.1 Å². The summed E-state index contributed by atoms with van der Waals surface area (Å²) in [5.41, 5.74) is 6.72. The topological polar surface area (TPSA) is 83.5 Å². The molecule has 3 rings (SSSR count). The quantitative estimate of drug-likeness (QED) is 0.799. The van der Waals surface area contributed by atoms with Gasteiger partial charge >= 0.3 is 5.97 Å². The zero-order valence-electron chi connectivity index (χ0n) is 16.1. The summed E-state index contributed by atoms with van der Waals surface area (Å²) in [4.78, 5) is 25.8. The van der Waals surface area contributed by atoms with Gasteiger partial charge in [-0.15, -0.1) is 0 Å². The van der Waals surface area contributed by atoms with Gasteiger partial charge in [0.15, 0.2) is 0 Å². The zero-order chi connectivity index (χ0) is 20.4. The maximum absolute atomic E-state index is 14.7. The highest BCUT2D eigenvalue weighted by Gasteiger charge is 2.39. The number of aromatic nitrogens is 1. The second kappa shape index (κ2) is 7.88. The van der Waals surface area contributed by atoms with Crippen molar-refractivity contribution < 1.29 is 18.7 Å². The van der Waals surface area contributed by atoms with Crippen LogP contribution in [0.4, 0.5) is 4.39 Å². The minimum absolute atomic E-state index is 0.0696. The molecule has 1 aliphatic heterocycles. The summed E-state index contributed by atoms with van der Waals surface area (Å²) in [6.45, 7) is 3.76. The van der Waals surface area contributed by atoms with E-state index >= 15 is 0 Å². The van der Waals surface area contributed by atoms with Gasteiger partial charge in [0.1, 0.15) is 17.1 Å². The van der Waals surface area contributed by atoms with E-state index in [2.05, 4.69) is 0 Å². The summed E-state index contributed by atoms with van der Waals surface area (Å²) in [7, 11) is 1.65. The lowest BCUT2D eigenvalue weighted by Crippen LogP contribution is -2.35. The van der Waals surface area contributed by atoms with Crippen molar-refractivity contribution in [2.75, 3.05) is 6.61 Å². The fourth-order valence-electron chi connectivity index (χ4n) is 3.50. The van der Waals surface area contributed by atoms with Crippen LogP contribution in [0.15, 0.2) is 46.6 Å². The number of ether oxygens (including phenoxy) is 2. The van der Waals surface area contributed by atoms with Crippen LogP contribution in [0.3, 0.4) is 0 Å². The standard InChI is InChI=1S/C21H23FN2O4/c1-4-8-12-11-15-17(20(25)24(12)3)16(13-9-6-7-10-14(13)22)18(19(23)28-15)21(26)27-5-2/h6-7,9-11,16H,4-5,8,23H2,1-3H3. The Hall–Kier alpha value is -3.09. The van der Waals surface area contributed by atoms with Crippen LogP contribution in [0.2, 0.25) is 0 Å². The van der Waals surface area contributed by atoms with Crippen molar-refractivity contribution in [3.63, 3.8) is 0 Å². The van der Waals surface area contributed by atoms with Crippen LogP contribution in [0, 0.1) is 5.82 Å². The van der Waals surface area contributed by atoms with Crippen LogP contribution in [0.25, 0.3) is 0 Å². The maximum Gasteiger partial charge on any atom is 0.340 e. The van der Waals surface area contributed by atoms with Gasteiger partial charge in [-0.25, -0.2) is 9.18 Å². The molecular weight excluding hydrogens is 363 g/mol. The average Bonchev–Trinajstić information content (AvgIpc) is 2.65. The predicted molar refractivity (Wildman–Crippen MR) is 102 cm³/mol. The van der Waals surface area contributed by atoms with Crippen LogP contribution in [0.5, 0.6) is 5.75 Å². The normalized spacial score (nSPS) is 15.8. The Morgan fingerprint density at radius 2 is 2.04 bits per heavy atom. The zero-order valence-corrected chi connectivity index (χ0v) is 16.1. The number of pyridine rings is 1. The first-order valence-electron chi connectivity index (χ1n) is 9.22. The molecule has 0 fully saturated rings. The number of rotatable bonds is 5. The van der Waals surface area contributed by atoms with Crippen LogP contribution < -0.4 is 16.0 Å². The minimum atomic E-state index is -1.02. The highest BCUT2D eigenvalue weighted by molar-refractivity contribution is 5.92. The van der Waals surface area contributed by atoms with Crippen LogP contribution in [-0.4, -0.2) is 17.1 Å². The maximum atomic E-state index is 14.7. The van der Waals surface area contributed by atoms with E-state index in [1.165, 1.54) is 16.7 Å². The van der Waals surface area contributed by atoms with Crippen molar-refractivity contribution in [3.8, 4) is 5.75 Å². The summed E-state index contributed by atoms with van der Waals surface area (Å²) < 4.78 is 26.9. The highest BCUT2D eigenvalue weighted by Crippen LogP contribution is 2.42. The Balaban J connectivity index is 2.32. The van der Waals surface area contributed by atoms with Crippen molar-refractivity contribution >= 4 is 5.97 Å². The second-order valence-electron chi connectivity index (χ2n) is 6.58. The fraction of sp³-hybridized carbons (Fsp3) is 0.333. The van der Waals surface area contributed by atoms with E-state index < -0.39 is 17.7 Å². The molecule has 1 atom stereocenters. The Morgan fingerprint density at radius 3 is 2.68 bits per heavy atom. The smallest absolute Gasteiger partial charge is 0.340 e. The number of esters is 1. The number of halogens is 1. The molecule has 28 heavy (non-hydrogen) atoms. The lowest BCUT2D eigenvalue weighted by atomic mass is 9.83. The molecule has 7 heteroatoms. The van der Waals surface area contributed by atoms with Gasteiger partial charge in [-0.3, -0.25) is 4.79 Å². The van der Waals surface area contributed by atoms with E-state index in [4.69, 9.17) is 15.2 Å². The first-order valence-corrected chi connectivity index (χ1v) is 9.22. The molecular formula is C21H23FN2O4. The molecule has 0 saturated heterocycles. The average molecular weight is 386 g/mol. The Kier molecular flexibility index (Phi) is 5.53. The predicted octanol–water partition coefficient (Wildman–Crippen LogP) is 2.73. The molecule has 2 heterocycles. The summed E-state index contributed by atoms with van der Waals surface area (Å²) in [6.07, 6.45) is 1.50. The number of aryl methyl sites for hydroxylation is 1. The van der Waals surface area contributed by atoms with Crippen molar-refractivity contribution in [1.29, 1.82) is 0 Å². The third-order valence-electron chi connectivity index (χ3n) is 4.81. The molecule has 0 bridgehead atoms. The summed E-state index contributed by atoms with van der Waals surface area (Å²) in [5.74, 6) is -2.24. The molecule has 0 spiro atoms. The molecule has 0 amide bonds. The number of nitrogens with two attached hydrogens (primary N) is 1. The first kappa shape index (κ1) is 19.7. The Bertz CT molecular complexity index is 1010. The van der Waals surface area contributed by atoms with E-state index in [1.54, 1.807) is 32.2 Å². The highest BCUT2D eigenvalue weighted by atomic mass is 19.1. The third-order valence-corrected chi connectivity index (χ3v) is 4.81. The number of carbonyl (C=O) groups excluding carboxylic acids is 1. The molecule has 1 unspecified atom stereocenters. The molecule has 6 nitrogen and oxygen atoms in total. The third kappa shape index (κ3) is 3.28. The van der Waals surface area contributed by atoms with E-state index in [1.807, 2.05) is 6.92 Å². The fourth-order valence-corrected chi connectivity index (χ4v) is 3.50. The molecule has 1 aromatic carbocycles. The van der Waals surface area contributed by atoms with Crippen LogP contribution in [0.1, 0.15) is 43.0 Å². The lowest BCUT2D eigenvalue weighted by Gasteiger charge is -2.29. The van der Waals surface area contributed by atoms with Gasteiger partial charge in [-0.2, -0.15) is 0 Å². The first-order chi connectivity index (χ1) is 13.4. The van der Waals surface area contributed by atoms with Gasteiger partial charge in [0, 0.05) is 24.4 Å². The molecule has 2 aromatic rings. The second-order valence-corrected chi connectivity index (χ2v) is 6.58. The Labute approximate surface area is 162 Å². The number of carbonyl (C=O) groups is 1. The SMILES string of the molecule is CCCc1cc2c(c(=O)n1C)C(c1ccccc1F)C(C(=O)OCC)=C(N)O2. The molecule has 0 aliphatic carbocycles. The van der Waals surface area contributed by atoms with Gasteiger partial charge in [0.2, 0.25) is 5.88 Å². The molecule has 0 saturated carbocycles. The van der Waals surface area contributed by atoms with Gasteiger partial charge < -0.3 is 19.8 Å². The van der Waals surface area contributed by atoms with Gasteiger partial charge in [0.25, 0.3) is 5.56 Å². The molecule has 0 radical (unpaired) electrons. The van der Waals surface area contributed by atoms with E-state index in [0.717, 1.165) is 12.1 Å². The summed E-state index contributed by atoms with van der Waals surface area (Å²) in [6, 6.07) is 7.71. The van der Waals surface area contributed by atoms with Crippen LogP contribution in [-0.2, 0) is 23.0 Å². The van der Waals surface area contributed by atoms with Crippen LogP contribution >= 0.6 is 0 Å². The number of benzene rings is 1. The molecule has 1 aromatic heterocycles. The number of hydrogen-bond donors (Lipinski definition) is 1.